The summed E-state index contributed by atoms with van der Waals surface area (Å²) in [4.78, 5) is 0. The van der Waals surface area contributed by atoms with Gasteiger partial charge in [0.2, 0.25) is 0 Å². The van der Waals surface area contributed by atoms with Crippen molar-refractivity contribution in [3.8, 4) is 0 Å². The van der Waals surface area contributed by atoms with Crippen LogP contribution >= 0.6 is 0 Å². The molecule has 0 aliphatic carbocycles. The summed E-state index contributed by atoms with van der Waals surface area (Å²) in [6.07, 6.45) is 16.6. The van der Waals surface area contributed by atoms with Crippen LogP contribution in [-0.2, 0) is 18.9 Å². The van der Waals surface area contributed by atoms with E-state index in [-0.39, 0.29) is 6.79 Å². The number of unbranched alkanes of at least 4 members (excludes halogenated alkanes) is 9. The third-order valence-electron chi connectivity index (χ3n) is 4.63. The third-order valence-corrected chi connectivity index (χ3v) is 4.63. The predicted octanol–water partition coefficient (Wildman–Crippen LogP) is 7.72. The van der Waals surface area contributed by atoms with Crippen molar-refractivity contribution < 1.29 is 18.9 Å². The smallest absolute Gasteiger partial charge is 0.321 e. The maximum absolute atomic E-state index is 5.94. The highest BCUT2D eigenvalue weighted by Gasteiger charge is 2.12. The number of hydrogen-bond acceptors (Lipinski definition) is 4. The molecule has 4 heteroatoms. The van der Waals surface area contributed by atoms with E-state index < -0.39 is 0 Å². The minimum atomic E-state index is 0.238. The van der Waals surface area contributed by atoms with Gasteiger partial charge in [-0.15, -0.1) is 0 Å². The average molecular weight is 401 g/mol. The largest absolute Gasteiger partial charge is 0.491 e. The maximum Gasteiger partial charge on any atom is 0.321 e. The molecule has 0 aliphatic rings. The molecule has 0 aromatic rings. The lowest BCUT2D eigenvalue weighted by atomic mass is 10.1. The molecular formula is C24H48O4. The van der Waals surface area contributed by atoms with Crippen LogP contribution in [-0.4, -0.2) is 26.6 Å². The summed E-state index contributed by atoms with van der Waals surface area (Å²) in [5.74, 6) is 1.37. The van der Waals surface area contributed by atoms with Gasteiger partial charge in [-0.3, -0.25) is 0 Å². The minimum absolute atomic E-state index is 0.238. The van der Waals surface area contributed by atoms with E-state index in [1.807, 2.05) is 0 Å². The Hall–Kier alpha value is -0.900. The lowest BCUT2D eigenvalue weighted by molar-refractivity contribution is -0.0844. The zero-order valence-corrected chi connectivity index (χ0v) is 19.4. The molecule has 0 spiro atoms. The SMILES string of the molecule is CCCCCCCCCCOCO/C(OCCCC)=C(/CCC)OCCCC. The second-order valence-electron chi connectivity index (χ2n) is 7.51. The van der Waals surface area contributed by atoms with Crippen molar-refractivity contribution in [1.82, 2.24) is 0 Å². The highest BCUT2D eigenvalue weighted by atomic mass is 16.7. The molecule has 168 valence electrons. The summed E-state index contributed by atoms with van der Waals surface area (Å²) < 4.78 is 23.3. The first-order valence-corrected chi connectivity index (χ1v) is 12.0. The Balaban J connectivity index is 4.13. The van der Waals surface area contributed by atoms with Crippen LogP contribution in [0.2, 0.25) is 0 Å². The van der Waals surface area contributed by atoms with Gasteiger partial charge in [0.1, 0.15) is 0 Å². The maximum atomic E-state index is 5.94. The van der Waals surface area contributed by atoms with Crippen LogP contribution in [0.5, 0.6) is 0 Å². The molecule has 0 unspecified atom stereocenters. The fraction of sp³-hybridized carbons (Fsp3) is 0.917. The van der Waals surface area contributed by atoms with Crippen molar-refractivity contribution in [2.45, 2.75) is 118 Å². The molecule has 0 fully saturated rings. The number of rotatable bonds is 22. The van der Waals surface area contributed by atoms with Crippen LogP contribution in [0.3, 0.4) is 0 Å². The normalized spacial score (nSPS) is 12.0. The van der Waals surface area contributed by atoms with Gasteiger partial charge in [0.25, 0.3) is 0 Å². The quantitative estimate of drug-likeness (QED) is 0.106. The Morgan fingerprint density at radius 2 is 1.07 bits per heavy atom. The average Bonchev–Trinajstić information content (AvgIpc) is 2.70. The van der Waals surface area contributed by atoms with Crippen LogP contribution < -0.4 is 0 Å². The molecule has 0 aromatic heterocycles. The first kappa shape index (κ1) is 27.1. The number of allylic oxidation sites excluding steroid dienone is 1. The fourth-order valence-electron chi connectivity index (χ4n) is 2.80. The van der Waals surface area contributed by atoms with E-state index in [1.165, 1.54) is 44.9 Å². The molecular weight excluding hydrogens is 352 g/mol. The molecule has 0 N–H and O–H groups in total. The van der Waals surface area contributed by atoms with Crippen LogP contribution in [0.15, 0.2) is 11.7 Å². The molecule has 0 aromatic carbocycles. The summed E-state index contributed by atoms with van der Waals surface area (Å²) in [5, 5.41) is 0. The lowest BCUT2D eigenvalue weighted by Gasteiger charge is -2.17. The van der Waals surface area contributed by atoms with E-state index in [4.69, 9.17) is 18.9 Å². The molecule has 0 aliphatic heterocycles. The van der Waals surface area contributed by atoms with Crippen LogP contribution in [0, 0.1) is 0 Å². The molecule has 0 saturated carbocycles. The van der Waals surface area contributed by atoms with Crippen molar-refractivity contribution in [3.05, 3.63) is 11.7 Å². The Kier molecular flexibility index (Phi) is 21.7. The predicted molar refractivity (Wildman–Crippen MR) is 118 cm³/mol. The van der Waals surface area contributed by atoms with E-state index in [2.05, 4.69) is 27.7 Å². The van der Waals surface area contributed by atoms with Gasteiger partial charge in [0.05, 0.1) is 19.8 Å². The van der Waals surface area contributed by atoms with Gasteiger partial charge >= 0.3 is 5.95 Å². The van der Waals surface area contributed by atoms with Gasteiger partial charge in [0, 0.05) is 6.42 Å². The zero-order valence-electron chi connectivity index (χ0n) is 19.4. The van der Waals surface area contributed by atoms with Crippen LogP contribution in [0.1, 0.15) is 118 Å². The summed E-state index contributed by atoms with van der Waals surface area (Å²) >= 11 is 0. The molecule has 28 heavy (non-hydrogen) atoms. The van der Waals surface area contributed by atoms with E-state index in [0.29, 0.717) is 12.6 Å². The molecule has 0 atom stereocenters. The molecule has 0 amide bonds. The number of hydrogen-bond donors (Lipinski definition) is 0. The Morgan fingerprint density at radius 3 is 1.68 bits per heavy atom. The molecule has 0 rings (SSSR count). The van der Waals surface area contributed by atoms with Gasteiger partial charge in [0.15, 0.2) is 12.6 Å². The fourth-order valence-corrected chi connectivity index (χ4v) is 2.80. The summed E-state index contributed by atoms with van der Waals surface area (Å²) in [6, 6.07) is 0. The molecule has 0 bridgehead atoms. The van der Waals surface area contributed by atoms with E-state index >= 15 is 0 Å². The van der Waals surface area contributed by atoms with Crippen LogP contribution in [0.25, 0.3) is 0 Å². The Labute approximate surface area is 175 Å². The van der Waals surface area contributed by atoms with E-state index in [9.17, 15) is 0 Å². The van der Waals surface area contributed by atoms with Gasteiger partial charge in [-0.05, 0) is 25.7 Å². The molecule has 0 heterocycles. The minimum Gasteiger partial charge on any atom is -0.491 e. The monoisotopic (exact) mass is 400 g/mol. The topological polar surface area (TPSA) is 36.9 Å². The Morgan fingerprint density at radius 1 is 0.500 bits per heavy atom. The molecule has 4 nitrogen and oxygen atoms in total. The van der Waals surface area contributed by atoms with Crippen molar-refractivity contribution in [2.75, 3.05) is 26.6 Å². The standard InChI is InChI=1S/C24H48O4/c1-5-9-12-13-14-15-16-17-19-25-22-28-24(27-21-11-7-3)23(18-8-4)26-20-10-6-2/h5-22H2,1-4H3/b24-23-. The summed E-state index contributed by atoms with van der Waals surface area (Å²) in [6.45, 7) is 11.1. The first-order chi connectivity index (χ1) is 13.8. The summed E-state index contributed by atoms with van der Waals surface area (Å²) in [7, 11) is 0. The van der Waals surface area contributed by atoms with Gasteiger partial charge in [-0.1, -0.05) is 85.5 Å². The van der Waals surface area contributed by atoms with Crippen molar-refractivity contribution in [2.24, 2.45) is 0 Å². The van der Waals surface area contributed by atoms with E-state index in [1.54, 1.807) is 0 Å². The van der Waals surface area contributed by atoms with Gasteiger partial charge in [-0.25, -0.2) is 0 Å². The Bertz CT molecular complexity index is 341. The zero-order chi connectivity index (χ0) is 20.7. The summed E-state index contributed by atoms with van der Waals surface area (Å²) in [5.41, 5.74) is 0. The molecule has 0 saturated heterocycles. The van der Waals surface area contributed by atoms with Crippen LogP contribution in [0.4, 0.5) is 0 Å². The van der Waals surface area contributed by atoms with E-state index in [0.717, 1.165) is 63.9 Å². The third kappa shape index (κ3) is 17.2. The highest BCUT2D eigenvalue weighted by molar-refractivity contribution is 4.95. The second-order valence-corrected chi connectivity index (χ2v) is 7.51. The lowest BCUT2D eigenvalue weighted by Crippen LogP contribution is -2.10. The number of ether oxygens (including phenoxy) is 4. The van der Waals surface area contributed by atoms with Crippen molar-refractivity contribution in [1.29, 1.82) is 0 Å². The van der Waals surface area contributed by atoms with Crippen molar-refractivity contribution >= 4 is 0 Å². The van der Waals surface area contributed by atoms with Gasteiger partial charge in [-0.2, -0.15) is 0 Å². The highest BCUT2D eigenvalue weighted by Crippen LogP contribution is 2.17. The molecule has 0 radical (unpaired) electrons. The van der Waals surface area contributed by atoms with Crippen molar-refractivity contribution in [3.63, 3.8) is 0 Å². The second kappa shape index (κ2) is 22.4. The van der Waals surface area contributed by atoms with Gasteiger partial charge < -0.3 is 18.9 Å². The first-order valence-electron chi connectivity index (χ1n) is 12.0.